The van der Waals surface area contributed by atoms with E-state index in [1.54, 1.807) is 4.90 Å². The van der Waals surface area contributed by atoms with Gasteiger partial charge in [-0.1, -0.05) is 49.5 Å². The van der Waals surface area contributed by atoms with Gasteiger partial charge in [-0.15, -0.1) is 0 Å². The van der Waals surface area contributed by atoms with E-state index >= 15 is 0 Å². The average Bonchev–Trinajstić information content (AvgIpc) is 3.37. The minimum Gasteiger partial charge on any atom is -0.302 e. The third kappa shape index (κ3) is 4.80. The monoisotopic (exact) mass is 432 g/mol. The van der Waals surface area contributed by atoms with Gasteiger partial charge in [-0.25, -0.2) is 4.98 Å². The highest BCUT2D eigenvalue weighted by atomic mass is 32.1. The molecule has 0 fully saturated rings. The maximum atomic E-state index is 13.2. The van der Waals surface area contributed by atoms with Crippen LogP contribution in [0.3, 0.4) is 0 Å². The fourth-order valence-corrected chi connectivity index (χ4v) is 4.85. The molecular weight excluding hydrogens is 408 g/mol. The first kappa shape index (κ1) is 21.4. The van der Waals surface area contributed by atoms with Gasteiger partial charge in [0.15, 0.2) is 5.13 Å². The molecule has 29 heavy (non-hydrogen) atoms. The second-order valence-corrected chi connectivity index (χ2v) is 8.60. The lowest BCUT2D eigenvalue weighted by Crippen LogP contribution is -2.38. The number of anilines is 1. The average molecular weight is 433 g/mol. The highest BCUT2D eigenvalue weighted by Gasteiger charge is 2.25. The fourth-order valence-electron chi connectivity index (χ4n) is 3.03. The van der Waals surface area contributed by atoms with Gasteiger partial charge in [-0.2, -0.15) is 0 Å². The summed E-state index contributed by atoms with van der Waals surface area (Å²) in [5, 5.41) is 11.6. The predicted molar refractivity (Wildman–Crippen MR) is 119 cm³/mol. The van der Waals surface area contributed by atoms with Crippen molar-refractivity contribution in [2.75, 3.05) is 31.1 Å². The van der Waals surface area contributed by atoms with Gasteiger partial charge in [-0.3, -0.25) is 19.8 Å². The van der Waals surface area contributed by atoms with E-state index in [-0.39, 0.29) is 10.9 Å². The molecule has 0 atom stereocenters. The summed E-state index contributed by atoms with van der Waals surface area (Å²) in [7, 11) is 0. The maximum absolute atomic E-state index is 13.2. The lowest BCUT2D eigenvalue weighted by atomic mass is 10.2. The van der Waals surface area contributed by atoms with Crippen molar-refractivity contribution < 1.29 is 9.72 Å². The highest BCUT2D eigenvalue weighted by molar-refractivity contribution is 7.22. The Balaban J connectivity index is 1.95. The maximum Gasteiger partial charge on any atom is 0.324 e. The van der Waals surface area contributed by atoms with Crippen LogP contribution >= 0.6 is 22.7 Å². The summed E-state index contributed by atoms with van der Waals surface area (Å²) in [5.41, 5.74) is 2.09. The van der Waals surface area contributed by atoms with Gasteiger partial charge in [0.25, 0.3) is 5.91 Å². The van der Waals surface area contributed by atoms with Crippen LogP contribution in [0.5, 0.6) is 0 Å². The number of fused-ring (bicyclic) bond motifs is 1. The van der Waals surface area contributed by atoms with Gasteiger partial charge in [-0.05, 0) is 43.3 Å². The molecule has 0 spiro atoms. The zero-order valence-corrected chi connectivity index (χ0v) is 18.4. The third-order valence-electron chi connectivity index (χ3n) is 4.84. The molecule has 1 amide bonds. The number of hydrogen-bond acceptors (Lipinski definition) is 7. The summed E-state index contributed by atoms with van der Waals surface area (Å²) in [6, 6.07) is 9.05. The number of thiazole rings is 1. The van der Waals surface area contributed by atoms with Crippen LogP contribution in [0.15, 0.2) is 30.3 Å². The van der Waals surface area contributed by atoms with E-state index in [1.807, 2.05) is 6.07 Å². The Hall–Kier alpha value is -2.36. The summed E-state index contributed by atoms with van der Waals surface area (Å²) in [6.45, 7) is 9.25. The molecule has 0 N–H and O–H groups in total. The van der Waals surface area contributed by atoms with Gasteiger partial charge in [0.05, 0.1) is 20.0 Å². The SMILES string of the molecule is CCc1ccc2nc(N(CCN(CC)CC)C(=O)c3ccc([N+](=O)[O-])s3)sc2c1. The van der Waals surface area contributed by atoms with Gasteiger partial charge < -0.3 is 4.90 Å². The van der Waals surface area contributed by atoms with E-state index in [4.69, 9.17) is 0 Å². The van der Waals surface area contributed by atoms with Crippen LogP contribution in [0, 0.1) is 10.1 Å². The molecule has 2 heterocycles. The Morgan fingerprint density at radius 2 is 1.86 bits per heavy atom. The van der Waals surface area contributed by atoms with Crippen LogP contribution < -0.4 is 4.90 Å². The molecule has 0 radical (unpaired) electrons. The lowest BCUT2D eigenvalue weighted by molar-refractivity contribution is -0.380. The van der Waals surface area contributed by atoms with E-state index in [0.717, 1.165) is 41.1 Å². The first-order valence-corrected chi connectivity index (χ1v) is 11.3. The number of hydrogen-bond donors (Lipinski definition) is 0. The number of amides is 1. The summed E-state index contributed by atoms with van der Waals surface area (Å²) in [5.74, 6) is -0.245. The Labute approximate surface area is 177 Å². The van der Waals surface area contributed by atoms with Crippen molar-refractivity contribution in [3.8, 4) is 0 Å². The van der Waals surface area contributed by atoms with E-state index in [1.165, 1.54) is 29.0 Å². The normalized spacial score (nSPS) is 11.3. The van der Waals surface area contributed by atoms with Gasteiger partial charge in [0.1, 0.15) is 0 Å². The minimum absolute atomic E-state index is 0.0334. The molecule has 0 bridgehead atoms. The number of nitrogens with zero attached hydrogens (tertiary/aromatic N) is 4. The van der Waals surface area contributed by atoms with E-state index in [9.17, 15) is 14.9 Å². The van der Waals surface area contributed by atoms with Crippen molar-refractivity contribution in [3.05, 3.63) is 50.9 Å². The first-order chi connectivity index (χ1) is 14.0. The molecule has 3 aromatic rings. The standard InChI is InChI=1S/C20H24N4O3S2/c1-4-14-7-8-15-17(13-14)29-20(21-15)23(12-11-22(5-2)6-3)19(25)16-9-10-18(28-16)24(26)27/h7-10,13H,4-6,11-12H2,1-3H3. The molecule has 0 saturated heterocycles. The number of aromatic nitrogens is 1. The van der Waals surface area contributed by atoms with E-state index < -0.39 is 4.92 Å². The highest BCUT2D eigenvalue weighted by Crippen LogP contribution is 2.32. The predicted octanol–water partition coefficient (Wildman–Crippen LogP) is 4.82. The number of carbonyl (C=O) groups excluding carboxylic acids is 1. The summed E-state index contributed by atoms with van der Waals surface area (Å²) < 4.78 is 1.04. The zero-order valence-electron chi connectivity index (χ0n) is 16.8. The molecule has 154 valence electrons. The molecule has 0 saturated carbocycles. The topological polar surface area (TPSA) is 79.6 Å². The van der Waals surface area contributed by atoms with Crippen LogP contribution in [-0.2, 0) is 6.42 Å². The van der Waals surface area contributed by atoms with Crippen molar-refractivity contribution in [3.63, 3.8) is 0 Å². The Bertz CT molecular complexity index is 1010. The summed E-state index contributed by atoms with van der Waals surface area (Å²) in [4.78, 5) is 32.7. The molecule has 7 nitrogen and oxygen atoms in total. The van der Waals surface area contributed by atoms with Crippen molar-refractivity contribution in [2.45, 2.75) is 27.2 Å². The third-order valence-corrected chi connectivity index (χ3v) is 6.91. The number of likely N-dealkylation sites (N-methyl/N-ethyl adjacent to an activating group) is 1. The first-order valence-electron chi connectivity index (χ1n) is 9.64. The quantitative estimate of drug-likeness (QED) is 0.358. The number of thiophene rings is 1. The van der Waals surface area contributed by atoms with Gasteiger partial charge >= 0.3 is 5.00 Å². The van der Waals surface area contributed by atoms with Crippen LogP contribution in [-0.4, -0.2) is 46.9 Å². The molecule has 0 aliphatic heterocycles. The van der Waals surface area contributed by atoms with Crippen LogP contribution in [0.2, 0.25) is 0 Å². The molecule has 0 aliphatic carbocycles. The summed E-state index contributed by atoms with van der Waals surface area (Å²) in [6.07, 6.45) is 0.937. The number of rotatable bonds is 9. The molecule has 0 unspecified atom stereocenters. The fraction of sp³-hybridized carbons (Fsp3) is 0.400. The van der Waals surface area contributed by atoms with E-state index in [0.29, 0.717) is 23.1 Å². The van der Waals surface area contributed by atoms with Crippen LogP contribution in [0.1, 0.15) is 36.0 Å². The molecule has 1 aromatic carbocycles. The molecule has 2 aromatic heterocycles. The molecule has 0 aliphatic rings. The zero-order chi connectivity index (χ0) is 21.0. The van der Waals surface area contributed by atoms with Gasteiger partial charge in [0, 0.05) is 19.2 Å². The number of carbonyl (C=O) groups is 1. The smallest absolute Gasteiger partial charge is 0.302 e. The Morgan fingerprint density at radius 1 is 1.10 bits per heavy atom. The Kier molecular flexibility index (Phi) is 6.94. The lowest BCUT2D eigenvalue weighted by Gasteiger charge is -2.24. The summed E-state index contributed by atoms with van der Waals surface area (Å²) >= 11 is 2.39. The van der Waals surface area contributed by atoms with E-state index in [2.05, 4.69) is 42.8 Å². The van der Waals surface area contributed by atoms with Crippen molar-refractivity contribution in [1.29, 1.82) is 0 Å². The Morgan fingerprint density at radius 3 is 2.48 bits per heavy atom. The number of nitro groups is 1. The van der Waals surface area contributed by atoms with Crippen molar-refractivity contribution in [1.82, 2.24) is 9.88 Å². The number of benzene rings is 1. The molecule has 3 rings (SSSR count). The number of aryl methyl sites for hydroxylation is 1. The second-order valence-electron chi connectivity index (χ2n) is 6.53. The van der Waals surface area contributed by atoms with Gasteiger partial charge in [0.2, 0.25) is 0 Å². The largest absolute Gasteiger partial charge is 0.324 e. The van der Waals surface area contributed by atoms with Crippen LogP contribution in [0.25, 0.3) is 10.2 Å². The molecular formula is C20H24N4O3S2. The minimum atomic E-state index is -0.467. The molecule has 9 heteroatoms. The van der Waals surface area contributed by atoms with Crippen molar-refractivity contribution >= 4 is 48.9 Å². The second kappa shape index (κ2) is 9.43. The van der Waals surface area contributed by atoms with Crippen LogP contribution in [0.4, 0.5) is 10.1 Å². The van der Waals surface area contributed by atoms with Crippen molar-refractivity contribution in [2.24, 2.45) is 0 Å².